The van der Waals surface area contributed by atoms with Crippen LogP contribution in [0.1, 0.15) is 5.69 Å². The van der Waals surface area contributed by atoms with E-state index in [1.54, 1.807) is 6.20 Å². The molecule has 2 aromatic rings. The lowest BCUT2D eigenvalue weighted by molar-refractivity contribution is 0.252. The van der Waals surface area contributed by atoms with E-state index in [0.717, 1.165) is 22.5 Å². The summed E-state index contributed by atoms with van der Waals surface area (Å²) in [6.07, 6.45) is 1.78. The fourth-order valence-corrected chi connectivity index (χ4v) is 1.77. The van der Waals surface area contributed by atoms with Crippen molar-refractivity contribution in [1.29, 1.82) is 0 Å². The average molecular weight is 268 g/mol. The minimum Gasteiger partial charge on any atom is -0.319 e. The topological polar surface area (TPSA) is 66.4 Å². The van der Waals surface area contributed by atoms with E-state index in [1.165, 1.54) is 0 Å². The van der Waals surface area contributed by atoms with Crippen LogP contribution in [-0.2, 0) is 0 Å². The predicted molar refractivity (Wildman–Crippen MR) is 81.0 cm³/mol. The van der Waals surface area contributed by atoms with E-state index >= 15 is 0 Å². The molecule has 0 radical (unpaired) electrons. The lowest BCUT2D eigenvalue weighted by atomic mass is 10.1. The summed E-state index contributed by atoms with van der Waals surface area (Å²) in [4.78, 5) is 19.2. The van der Waals surface area contributed by atoms with Crippen molar-refractivity contribution < 1.29 is 4.79 Å². The Labute approximate surface area is 117 Å². The maximum atomic E-state index is 11.5. The van der Waals surface area contributed by atoms with E-state index in [4.69, 9.17) is 0 Å². The number of aromatic nitrogens is 1. The van der Waals surface area contributed by atoms with Crippen LogP contribution in [0.5, 0.6) is 0 Å². The molecule has 0 aliphatic heterocycles. The first-order valence-corrected chi connectivity index (χ1v) is 6.19. The van der Waals surface area contributed by atoms with Crippen LogP contribution in [-0.4, -0.2) is 24.4 Å². The number of rotatable bonds is 4. The molecule has 0 unspecified atom stereocenters. The normalized spacial score (nSPS) is 9.85. The number of carbonyl (C=O) groups is 1. The molecule has 1 heterocycles. The van der Waals surface area contributed by atoms with Crippen molar-refractivity contribution >= 4 is 18.4 Å². The molecule has 2 rings (SSSR count). The number of hydrogen-bond acceptors (Lipinski definition) is 3. The number of aryl methyl sites for hydroxylation is 1. The summed E-state index contributed by atoms with van der Waals surface area (Å²) in [5.41, 5.74) is 3.88. The van der Waals surface area contributed by atoms with E-state index in [2.05, 4.69) is 27.3 Å². The van der Waals surface area contributed by atoms with Gasteiger partial charge in [0.1, 0.15) is 6.67 Å². The van der Waals surface area contributed by atoms with Crippen molar-refractivity contribution in [3.8, 4) is 11.1 Å². The summed E-state index contributed by atoms with van der Waals surface area (Å²) in [7, 11) is 0. The van der Waals surface area contributed by atoms with Gasteiger partial charge in [0.05, 0.1) is 0 Å². The van der Waals surface area contributed by atoms with E-state index in [9.17, 15) is 4.79 Å². The van der Waals surface area contributed by atoms with Gasteiger partial charge in [-0.1, -0.05) is 12.1 Å². The number of amides is 2. The maximum absolute atomic E-state index is 11.5. The molecule has 0 spiro atoms. The molecular weight excluding hydrogens is 252 g/mol. The largest absolute Gasteiger partial charge is 0.320 e. The molecule has 20 heavy (non-hydrogen) atoms. The van der Waals surface area contributed by atoms with Crippen LogP contribution in [0.4, 0.5) is 10.5 Å². The Morgan fingerprint density at radius 1 is 1.25 bits per heavy atom. The van der Waals surface area contributed by atoms with E-state index in [1.807, 2.05) is 43.3 Å². The fourth-order valence-electron chi connectivity index (χ4n) is 1.77. The third-order valence-corrected chi connectivity index (χ3v) is 2.72. The van der Waals surface area contributed by atoms with Crippen LogP contribution >= 0.6 is 0 Å². The van der Waals surface area contributed by atoms with Crippen molar-refractivity contribution in [3.05, 3.63) is 48.3 Å². The number of nitrogens with zero attached hydrogens (tertiary/aromatic N) is 2. The minimum absolute atomic E-state index is 0.195. The summed E-state index contributed by atoms with van der Waals surface area (Å²) >= 11 is 0. The number of benzene rings is 1. The summed E-state index contributed by atoms with van der Waals surface area (Å²) in [6.45, 7) is 5.44. The summed E-state index contributed by atoms with van der Waals surface area (Å²) < 4.78 is 0. The molecule has 102 valence electrons. The molecule has 0 bridgehead atoms. The Kier molecular flexibility index (Phi) is 4.44. The molecule has 2 N–H and O–H groups in total. The summed E-state index contributed by atoms with van der Waals surface area (Å²) in [6, 6.07) is 11.3. The van der Waals surface area contributed by atoms with Gasteiger partial charge >= 0.3 is 6.03 Å². The zero-order chi connectivity index (χ0) is 14.4. The van der Waals surface area contributed by atoms with Gasteiger partial charge in [-0.05, 0) is 49.0 Å². The zero-order valence-electron chi connectivity index (χ0n) is 11.3. The first kappa shape index (κ1) is 13.7. The molecule has 5 heteroatoms. The van der Waals surface area contributed by atoms with Gasteiger partial charge in [0.15, 0.2) is 0 Å². The van der Waals surface area contributed by atoms with Gasteiger partial charge in [-0.15, -0.1) is 0 Å². The van der Waals surface area contributed by atoms with Crippen LogP contribution in [0.3, 0.4) is 0 Å². The quantitative estimate of drug-likeness (QED) is 0.837. The molecule has 5 nitrogen and oxygen atoms in total. The SMILES string of the molecule is C=NCNC(=O)Nc1ccc(-c2ccnc(C)c2)cc1. The number of carbonyl (C=O) groups excluding carboxylic acids is 1. The molecular formula is C15H16N4O. The third-order valence-electron chi connectivity index (χ3n) is 2.72. The highest BCUT2D eigenvalue weighted by atomic mass is 16.2. The second-order valence-electron chi connectivity index (χ2n) is 4.28. The minimum atomic E-state index is -0.301. The molecule has 0 saturated carbocycles. The molecule has 0 fully saturated rings. The average Bonchev–Trinajstić information content (AvgIpc) is 2.46. The molecule has 0 aliphatic rings. The van der Waals surface area contributed by atoms with Crippen molar-refractivity contribution in [2.24, 2.45) is 4.99 Å². The van der Waals surface area contributed by atoms with Crippen molar-refractivity contribution in [2.75, 3.05) is 12.0 Å². The first-order valence-electron chi connectivity index (χ1n) is 6.19. The van der Waals surface area contributed by atoms with Gasteiger partial charge in [-0.3, -0.25) is 9.98 Å². The van der Waals surface area contributed by atoms with Crippen molar-refractivity contribution in [2.45, 2.75) is 6.92 Å². The highest BCUT2D eigenvalue weighted by molar-refractivity contribution is 5.89. The highest BCUT2D eigenvalue weighted by Crippen LogP contribution is 2.21. The Morgan fingerprint density at radius 2 is 2.00 bits per heavy atom. The molecule has 2 amide bonds. The van der Waals surface area contributed by atoms with Gasteiger partial charge in [-0.25, -0.2) is 4.79 Å². The highest BCUT2D eigenvalue weighted by Gasteiger charge is 2.02. The lowest BCUT2D eigenvalue weighted by Crippen LogP contribution is -2.28. The monoisotopic (exact) mass is 268 g/mol. The van der Waals surface area contributed by atoms with Crippen molar-refractivity contribution in [3.63, 3.8) is 0 Å². The number of hydrogen-bond donors (Lipinski definition) is 2. The standard InChI is InChI=1S/C15H16N4O/c1-11-9-13(7-8-17-11)12-3-5-14(6-4-12)19-15(20)18-10-16-2/h3-9H,2,10H2,1H3,(H2,18,19,20). The smallest absolute Gasteiger partial charge is 0.319 e. The fraction of sp³-hybridized carbons (Fsp3) is 0.133. The number of anilines is 1. The van der Waals surface area contributed by atoms with Crippen LogP contribution in [0.25, 0.3) is 11.1 Å². The van der Waals surface area contributed by atoms with E-state index in [0.29, 0.717) is 0 Å². The summed E-state index contributed by atoms with van der Waals surface area (Å²) in [5.74, 6) is 0. The van der Waals surface area contributed by atoms with E-state index in [-0.39, 0.29) is 12.7 Å². The Morgan fingerprint density at radius 3 is 2.65 bits per heavy atom. The number of urea groups is 1. The lowest BCUT2D eigenvalue weighted by Gasteiger charge is -2.07. The van der Waals surface area contributed by atoms with Gasteiger partial charge in [0, 0.05) is 17.6 Å². The Balaban J connectivity index is 2.06. The number of nitrogens with one attached hydrogen (secondary N) is 2. The molecule has 0 atom stereocenters. The van der Waals surface area contributed by atoms with Crippen LogP contribution in [0.2, 0.25) is 0 Å². The second kappa shape index (κ2) is 6.47. The van der Waals surface area contributed by atoms with Gasteiger partial charge < -0.3 is 10.6 Å². The van der Waals surface area contributed by atoms with Crippen LogP contribution in [0, 0.1) is 6.92 Å². The van der Waals surface area contributed by atoms with Crippen LogP contribution < -0.4 is 10.6 Å². The van der Waals surface area contributed by atoms with Gasteiger partial charge in [-0.2, -0.15) is 0 Å². The summed E-state index contributed by atoms with van der Waals surface area (Å²) in [5, 5.41) is 5.26. The zero-order valence-corrected chi connectivity index (χ0v) is 11.3. The Bertz CT molecular complexity index is 608. The van der Waals surface area contributed by atoms with E-state index < -0.39 is 0 Å². The number of aliphatic imine (C=N–C) groups is 1. The van der Waals surface area contributed by atoms with Crippen LogP contribution in [0.15, 0.2) is 47.6 Å². The maximum Gasteiger partial charge on any atom is 0.320 e. The first-order chi connectivity index (χ1) is 9.69. The molecule has 0 saturated heterocycles. The van der Waals surface area contributed by atoms with Crippen molar-refractivity contribution in [1.82, 2.24) is 10.3 Å². The second-order valence-corrected chi connectivity index (χ2v) is 4.28. The number of pyridine rings is 1. The van der Waals surface area contributed by atoms with Gasteiger partial charge in [0.25, 0.3) is 0 Å². The molecule has 1 aromatic heterocycles. The van der Waals surface area contributed by atoms with Gasteiger partial charge in [0.2, 0.25) is 0 Å². The predicted octanol–water partition coefficient (Wildman–Crippen LogP) is 2.84. The molecule has 0 aliphatic carbocycles. The Hall–Kier alpha value is -2.69. The molecule has 1 aromatic carbocycles. The third kappa shape index (κ3) is 3.65.